The number of hydrogen-bond donors (Lipinski definition) is 1. The average Bonchev–Trinajstić information content (AvgIpc) is 2.74. The maximum atomic E-state index is 5.83. The van der Waals surface area contributed by atoms with Crippen LogP contribution in [0.1, 0.15) is 18.1 Å². The van der Waals surface area contributed by atoms with Crippen LogP contribution in [-0.2, 0) is 0 Å². The quantitative estimate of drug-likeness (QED) is 0.707. The van der Waals surface area contributed by atoms with Gasteiger partial charge in [-0.2, -0.15) is 0 Å². The lowest BCUT2D eigenvalue weighted by Crippen LogP contribution is -1.96. The Morgan fingerprint density at radius 3 is 2.67 bits per heavy atom. The predicted molar refractivity (Wildman–Crippen MR) is 76.4 cm³/mol. The maximum absolute atomic E-state index is 5.83. The first kappa shape index (κ1) is 11.1. The Balaban J connectivity index is 2.47. The summed E-state index contributed by atoms with van der Waals surface area (Å²) in [5, 5.41) is 2.51. The Morgan fingerprint density at radius 1 is 1.11 bits per heavy atom. The van der Waals surface area contributed by atoms with Crippen LogP contribution in [0.2, 0.25) is 0 Å². The lowest BCUT2D eigenvalue weighted by atomic mass is 10.0. The number of aryl methyl sites for hydroxylation is 1. The molecule has 0 spiro atoms. The molecular weight excluding hydrogens is 222 g/mol. The monoisotopic (exact) mass is 239 g/mol. The molecule has 0 aliphatic heterocycles. The molecule has 0 saturated heterocycles. The second-order valence-electron chi connectivity index (χ2n) is 4.67. The van der Waals surface area contributed by atoms with Gasteiger partial charge in [0.25, 0.3) is 0 Å². The third kappa shape index (κ3) is 1.49. The first-order valence-electron chi connectivity index (χ1n) is 6.35. The molecule has 0 aliphatic rings. The minimum atomic E-state index is 0.689. The Morgan fingerprint density at radius 2 is 1.89 bits per heavy atom. The lowest BCUT2D eigenvalue weighted by Gasteiger charge is -2.11. The van der Waals surface area contributed by atoms with Gasteiger partial charge >= 0.3 is 0 Å². The highest BCUT2D eigenvalue weighted by Gasteiger charge is 2.13. The molecule has 0 aliphatic carbocycles. The summed E-state index contributed by atoms with van der Waals surface area (Å²) in [5.74, 6) is 0.990. The van der Waals surface area contributed by atoms with E-state index in [4.69, 9.17) is 4.74 Å². The van der Waals surface area contributed by atoms with Gasteiger partial charge in [-0.1, -0.05) is 18.2 Å². The summed E-state index contributed by atoms with van der Waals surface area (Å²) in [4.78, 5) is 3.47. The highest BCUT2D eigenvalue weighted by atomic mass is 16.5. The number of nitrogens with one attached hydrogen (secondary N) is 1. The lowest BCUT2D eigenvalue weighted by molar-refractivity contribution is 0.341. The van der Waals surface area contributed by atoms with Crippen molar-refractivity contribution in [3.05, 3.63) is 41.5 Å². The van der Waals surface area contributed by atoms with Gasteiger partial charge in [-0.15, -0.1) is 0 Å². The number of ether oxygens (including phenoxy) is 1. The van der Waals surface area contributed by atoms with Crippen LogP contribution in [0.4, 0.5) is 0 Å². The maximum Gasteiger partial charge on any atom is 0.146 e. The molecule has 1 N–H and O–H groups in total. The summed E-state index contributed by atoms with van der Waals surface area (Å²) in [6, 6.07) is 10.6. The van der Waals surface area contributed by atoms with E-state index in [1.165, 1.54) is 27.4 Å². The molecule has 2 heteroatoms. The van der Waals surface area contributed by atoms with Gasteiger partial charge in [0.05, 0.1) is 12.1 Å². The van der Waals surface area contributed by atoms with Crippen LogP contribution in [0.15, 0.2) is 30.3 Å². The molecule has 0 amide bonds. The topological polar surface area (TPSA) is 25.0 Å². The van der Waals surface area contributed by atoms with Crippen LogP contribution in [0.3, 0.4) is 0 Å². The molecule has 92 valence electrons. The first-order chi connectivity index (χ1) is 8.72. The van der Waals surface area contributed by atoms with Gasteiger partial charge in [-0.05, 0) is 44.0 Å². The van der Waals surface area contributed by atoms with Gasteiger partial charge in [0.2, 0.25) is 0 Å². The molecule has 2 nitrogen and oxygen atoms in total. The number of aromatic nitrogens is 1. The second kappa shape index (κ2) is 4.05. The van der Waals surface area contributed by atoms with E-state index in [0.29, 0.717) is 6.61 Å². The van der Waals surface area contributed by atoms with E-state index in [1.807, 2.05) is 6.92 Å². The van der Waals surface area contributed by atoms with Crippen LogP contribution in [0.5, 0.6) is 5.75 Å². The van der Waals surface area contributed by atoms with Crippen LogP contribution in [-0.4, -0.2) is 11.6 Å². The van der Waals surface area contributed by atoms with Gasteiger partial charge in [-0.3, -0.25) is 0 Å². The molecule has 0 unspecified atom stereocenters. The molecule has 18 heavy (non-hydrogen) atoms. The minimum absolute atomic E-state index is 0.689. The zero-order valence-electron chi connectivity index (χ0n) is 11.0. The van der Waals surface area contributed by atoms with Crippen LogP contribution in [0.25, 0.3) is 21.8 Å². The summed E-state index contributed by atoms with van der Waals surface area (Å²) in [6.45, 7) is 6.97. The molecule has 0 fully saturated rings. The normalized spacial score (nSPS) is 11.3. The number of H-pyrrole nitrogens is 1. The Labute approximate surface area is 107 Å². The van der Waals surface area contributed by atoms with E-state index in [0.717, 1.165) is 11.3 Å². The van der Waals surface area contributed by atoms with Crippen LogP contribution in [0, 0.1) is 13.8 Å². The predicted octanol–water partition coefficient (Wildman–Crippen LogP) is 4.34. The van der Waals surface area contributed by atoms with Gasteiger partial charge in [-0.25, -0.2) is 0 Å². The summed E-state index contributed by atoms with van der Waals surface area (Å²) < 4.78 is 5.83. The molecule has 0 radical (unpaired) electrons. The van der Waals surface area contributed by atoms with E-state index < -0.39 is 0 Å². The summed E-state index contributed by atoms with van der Waals surface area (Å²) in [6.07, 6.45) is 0. The van der Waals surface area contributed by atoms with E-state index in [-0.39, 0.29) is 0 Å². The number of benzene rings is 2. The zero-order valence-corrected chi connectivity index (χ0v) is 11.0. The highest BCUT2D eigenvalue weighted by molar-refractivity contribution is 6.09. The number of para-hydroxylation sites is 1. The third-order valence-corrected chi connectivity index (χ3v) is 3.55. The van der Waals surface area contributed by atoms with Crippen molar-refractivity contribution in [2.75, 3.05) is 6.61 Å². The fourth-order valence-electron chi connectivity index (χ4n) is 2.51. The Hall–Kier alpha value is -1.96. The fraction of sp³-hybridized carbons (Fsp3) is 0.250. The smallest absolute Gasteiger partial charge is 0.146 e. The molecule has 3 aromatic rings. The first-order valence-corrected chi connectivity index (χ1v) is 6.35. The summed E-state index contributed by atoms with van der Waals surface area (Å²) >= 11 is 0. The van der Waals surface area contributed by atoms with E-state index in [1.54, 1.807) is 0 Å². The van der Waals surface area contributed by atoms with Gasteiger partial charge in [0.1, 0.15) is 5.75 Å². The highest BCUT2D eigenvalue weighted by Crippen LogP contribution is 2.36. The number of fused-ring (bicyclic) bond motifs is 3. The van der Waals surface area contributed by atoms with E-state index in [9.17, 15) is 0 Å². The van der Waals surface area contributed by atoms with Crippen molar-refractivity contribution in [3.63, 3.8) is 0 Å². The summed E-state index contributed by atoms with van der Waals surface area (Å²) in [7, 11) is 0. The Bertz CT molecular complexity index is 725. The van der Waals surface area contributed by atoms with Crippen molar-refractivity contribution in [1.29, 1.82) is 0 Å². The van der Waals surface area contributed by atoms with Gasteiger partial charge < -0.3 is 9.72 Å². The number of aromatic amines is 1. The molecule has 1 heterocycles. The molecule has 0 bridgehead atoms. The van der Waals surface area contributed by atoms with Crippen molar-refractivity contribution >= 4 is 21.8 Å². The van der Waals surface area contributed by atoms with Gasteiger partial charge in [0, 0.05) is 16.3 Å². The van der Waals surface area contributed by atoms with Crippen LogP contribution < -0.4 is 4.74 Å². The third-order valence-electron chi connectivity index (χ3n) is 3.55. The van der Waals surface area contributed by atoms with Crippen molar-refractivity contribution in [3.8, 4) is 5.75 Å². The zero-order chi connectivity index (χ0) is 12.7. The second-order valence-corrected chi connectivity index (χ2v) is 4.67. The number of hydrogen-bond acceptors (Lipinski definition) is 1. The number of rotatable bonds is 2. The summed E-state index contributed by atoms with van der Waals surface area (Å²) in [5.41, 5.74) is 4.77. The van der Waals surface area contributed by atoms with Gasteiger partial charge in [0.15, 0.2) is 0 Å². The molecule has 1 aromatic heterocycles. The molecule has 3 rings (SSSR count). The van der Waals surface area contributed by atoms with Crippen molar-refractivity contribution < 1.29 is 4.74 Å². The average molecular weight is 239 g/mol. The van der Waals surface area contributed by atoms with E-state index in [2.05, 4.69) is 49.2 Å². The van der Waals surface area contributed by atoms with E-state index >= 15 is 0 Å². The Kier molecular flexibility index (Phi) is 2.51. The van der Waals surface area contributed by atoms with Crippen molar-refractivity contribution in [2.24, 2.45) is 0 Å². The SMILES string of the molecule is CCOc1c(C)c(C)cc2c1[nH]c1ccccc12. The largest absolute Gasteiger partial charge is 0.491 e. The molecular formula is C16H17NO. The minimum Gasteiger partial charge on any atom is -0.491 e. The standard InChI is InChI=1S/C16H17NO/c1-4-18-16-11(3)10(2)9-13-12-7-5-6-8-14(12)17-15(13)16/h5-9,17H,4H2,1-3H3. The molecule has 0 atom stereocenters. The van der Waals surface area contributed by atoms with Crippen molar-refractivity contribution in [1.82, 2.24) is 4.98 Å². The van der Waals surface area contributed by atoms with Crippen molar-refractivity contribution in [2.45, 2.75) is 20.8 Å². The molecule has 2 aromatic carbocycles. The molecule has 0 saturated carbocycles. The van der Waals surface area contributed by atoms with Crippen LogP contribution >= 0.6 is 0 Å². The fourth-order valence-corrected chi connectivity index (χ4v) is 2.51.